The molecule has 1 aromatic carbocycles. The van der Waals surface area contributed by atoms with Gasteiger partial charge >= 0.3 is 5.97 Å². The third-order valence-electron chi connectivity index (χ3n) is 4.37. The van der Waals surface area contributed by atoms with Crippen LogP contribution in [0, 0.1) is 0 Å². The standard InChI is InChI=1S/C19H28O7/c1-2-14-16(21)17(22)18(23)19(26-14)24-11-7-6-10-15(20)25-12-13-8-4-3-5-9-13/h3-5,8-9,14,16-19,21-23H,2,6-7,10-12H2,1H3/t14?,16-,17+,18?,19+/m1/s1. The summed E-state index contributed by atoms with van der Waals surface area (Å²) in [6.07, 6.45) is -3.35. The fraction of sp³-hybridized carbons (Fsp3) is 0.632. The summed E-state index contributed by atoms with van der Waals surface area (Å²) in [5.41, 5.74) is 0.943. The van der Waals surface area contributed by atoms with E-state index in [1.807, 2.05) is 37.3 Å². The minimum absolute atomic E-state index is 0.261. The highest BCUT2D eigenvalue weighted by Gasteiger charge is 2.43. The predicted molar refractivity (Wildman–Crippen MR) is 93.0 cm³/mol. The molecule has 7 heteroatoms. The molecule has 0 radical (unpaired) electrons. The van der Waals surface area contributed by atoms with Gasteiger partial charge in [0.1, 0.15) is 24.9 Å². The number of rotatable bonds is 9. The number of benzene rings is 1. The van der Waals surface area contributed by atoms with Crippen molar-refractivity contribution in [1.29, 1.82) is 0 Å². The first-order chi connectivity index (χ1) is 12.5. The van der Waals surface area contributed by atoms with E-state index in [1.165, 1.54) is 0 Å². The van der Waals surface area contributed by atoms with E-state index >= 15 is 0 Å². The van der Waals surface area contributed by atoms with Crippen LogP contribution in [0.4, 0.5) is 0 Å². The first kappa shape index (κ1) is 20.8. The van der Waals surface area contributed by atoms with Gasteiger partial charge in [-0.25, -0.2) is 0 Å². The number of aliphatic hydroxyl groups is 3. The summed E-state index contributed by atoms with van der Waals surface area (Å²) < 4.78 is 16.1. The van der Waals surface area contributed by atoms with Crippen molar-refractivity contribution < 1.29 is 34.3 Å². The molecule has 2 rings (SSSR count). The molecule has 0 aromatic heterocycles. The Balaban J connectivity index is 1.60. The monoisotopic (exact) mass is 368 g/mol. The van der Waals surface area contributed by atoms with Gasteiger partial charge in [-0.15, -0.1) is 0 Å². The Morgan fingerprint density at radius 2 is 1.81 bits per heavy atom. The third kappa shape index (κ3) is 6.03. The maximum Gasteiger partial charge on any atom is 0.306 e. The van der Waals surface area contributed by atoms with Gasteiger partial charge in [-0.05, 0) is 24.8 Å². The van der Waals surface area contributed by atoms with E-state index in [0.717, 1.165) is 5.56 Å². The molecule has 7 nitrogen and oxygen atoms in total. The maximum absolute atomic E-state index is 11.7. The summed E-state index contributed by atoms with van der Waals surface area (Å²) in [5, 5.41) is 29.5. The van der Waals surface area contributed by atoms with Crippen LogP contribution in [0.1, 0.15) is 38.2 Å². The lowest BCUT2D eigenvalue weighted by Gasteiger charge is -2.40. The molecule has 5 atom stereocenters. The Kier molecular flexibility index (Phi) is 8.47. The number of carbonyl (C=O) groups excluding carboxylic acids is 1. The van der Waals surface area contributed by atoms with Crippen LogP contribution in [0.25, 0.3) is 0 Å². The number of esters is 1. The second kappa shape index (κ2) is 10.6. The van der Waals surface area contributed by atoms with E-state index in [-0.39, 0.29) is 25.6 Å². The maximum atomic E-state index is 11.7. The molecule has 1 aliphatic rings. The summed E-state index contributed by atoms with van der Waals surface area (Å²) in [5.74, 6) is -0.271. The second-order valence-electron chi connectivity index (χ2n) is 6.40. The number of ether oxygens (including phenoxy) is 3. The molecule has 0 amide bonds. The predicted octanol–water partition coefficient (Wildman–Crippen LogP) is 1.13. The molecule has 3 N–H and O–H groups in total. The molecule has 2 unspecified atom stereocenters. The van der Waals surface area contributed by atoms with Gasteiger partial charge in [-0.1, -0.05) is 37.3 Å². The SMILES string of the molecule is CCC1O[C@H](OCCCCC(=O)OCc2ccccc2)C(O)[C@@H](O)[C@@H]1O. The molecule has 0 spiro atoms. The van der Waals surface area contributed by atoms with Crippen molar-refractivity contribution in [2.75, 3.05) is 6.61 Å². The minimum Gasteiger partial charge on any atom is -0.461 e. The highest BCUT2D eigenvalue weighted by molar-refractivity contribution is 5.69. The molecule has 1 aromatic rings. The van der Waals surface area contributed by atoms with Crippen molar-refractivity contribution in [2.24, 2.45) is 0 Å². The third-order valence-corrected chi connectivity index (χ3v) is 4.37. The largest absolute Gasteiger partial charge is 0.461 e. The van der Waals surface area contributed by atoms with Crippen molar-refractivity contribution in [3.05, 3.63) is 35.9 Å². The van der Waals surface area contributed by atoms with Gasteiger partial charge in [0.2, 0.25) is 0 Å². The van der Waals surface area contributed by atoms with Gasteiger partial charge in [0.25, 0.3) is 0 Å². The lowest BCUT2D eigenvalue weighted by atomic mass is 9.97. The number of hydrogen-bond acceptors (Lipinski definition) is 7. The van der Waals surface area contributed by atoms with E-state index in [4.69, 9.17) is 14.2 Å². The smallest absolute Gasteiger partial charge is 0.306 e. The van der Waals surface area contributed by atoms with Gasteiger partial charge in [0.05, 0.1) is 6.10 Å². The molecule has 26 heavy (non-hydrogen) atoms. The first-order valence-corrected chi connectivity index (χ1v) is 9.03. The van der Waals surface area contributed by atoms with Crippen LogP contribution in [0.5, 0.6) is 0 Å². The number of carbonyl (C=O) groups is 1. The quantitative estimate of drug-likeness (QED) is 0.443. The van der Waals surface area contributed by atoms with Crippen LogP contribution in [0.15, 0.2) is 30.3 Å². The summed E-state index contributed by atoms with van der Waals surface area (Å²) in [6, 6.07) is 9.47. The van der Waals surface area contributed by atoms with Gasteiger partial charge in [-0.2, -0.15) is 0 Å². The molecular weight excluding hydrogens is 340 g/mol. The second-order valence-corrected chi connectivity index (χ2v) is 6.40. The van der Waals surface area contributed by atoms with Crippen molar-refractivity contribution in [1.82, 2.24) is 0 Å². The lowest BCUT2D eigenvalue weighted by Crippen LogP contribution is -2.58. The zero-order valence-electron chi connectivity index (χ0n) is 15.0. The zero-order valence-corrected chi connectivity index (χ0v) is 15.0. The molecule has 1 heterocycles. The fourth-order valence-electron chi connectivity index (χ4n) is 2.77. The average molecular weight is 368 g/mol. The molecule has 146 valence electrons. The Morgan fingerprint density at radius 1 is 1.08 bits per heavy atom. The van der Waals surface area contributed by atoms with E-state index in [9.17, 15) is 20.1 Å². The fourth-order valence-corrected chi connectivity index (χ4v) is 2.77. The summed E-state index contributed by atoms with van der Waals surface area (Å²) in [7, 11) is 0. The average Bonchev–Trinajstić information content (AvgIpc) is 2.66. The first-order valence-electron chi connectivity index (χ1n) is 9.03. The van der Waals surface area contributed by atoms with E-state index in [2.05, 4.69) is 0 Å². The lowest BCUT2D eigenvalue weighted by molar-refractivity contribution is -0.297. The van der Waals surface area contributed by atoms with Crippen LogP contribution < -0.4 is 0 Å². The molecule has 1 saturated heterocycles. The molecule has 1 aliphatic heterocycles. The van der Waals surface area contributed by atoms with Gasteiger partial charge in [-0.3, -0.25) is 4.79 Å². The number of unbranched alkanes of at least 4 members (excludes halogenated alkanes) is 1. The molecular formula is C19H28O7. The highest BCUT2D eigenvalue weighted by Crippen LogP contribution is 2.24. The van der Waals surface area contributed by atoms with Crippen molar-refractivity contribution >= 4 is 5.97 Å². The summed E-state index contributed by atoms with van der Waals surface area (Å²) >= 11 is 0. The van der Waals surface area contributed by atoms with Crippen molar-refractivity contribution in [3.63, 3.8) is 0 Å². The van der Waals surface area contributed by atoms with Gasteiger partial charge in [0.15, 0.2) is 6.29 Å². The van der Waals surface area contributed by atoms with Crippen LogP contribution in [-0.4, -0.2) is 58.6 Å². The Bertz CT molecular complexity index is 534. The van der Waals surface area contributed by atoms with Crippen LogP contribution in [0.2, 0.25) is 0 Å². The Morgan fingerprint density at radius 3 is 2.50 bits per heavy atom. The summed E-state index contributed by atoms with van der Waals surface area (Å²) in [6.45, 7) is 2.35. The topological polar surface area (TPSA) is 105 Å². The molecule has 1 fully saturated rings. The molecule has 0 saturated carbocycles. The molecule has 0 bridgehead atoms. The number of hydrogen-bond donors (Lipinski definition) is 3. The minimum atomic E-state index is -1.30. The van der Waals surface area contributed by atoms with Crippen LogP contribution >= 0.6 is 0 Å². The van der Waals surface area contributed by atoms with E-state index in [1.54, 1.807) is 0 Å². The van der Waals surface area contributed by atoms with Crippen LogP contribution in [0.3, 0.4) is 0 Å². The van der Waals surface area contributed by atoms with Gasteiger partial charge in [0, 0.05) is 13.0 Å². The van der Waals surface area contributed by atoms with Crippen molar-refractivity contribution in [3.8, 4) is 0 Å². The zero-order chi connectivity index (χ0) is 18.9. The Hall–Kier alpha value is -1.51. The summed E-state index contributed by atoms with van der Waals surface area (Å²) in [4.78, 5) is 11.7. The van der Waals surface area contributed by atoms with Crippen LogP contribution in [-0.2, 0) is 25.6 Å². The van der Waals surface area contributed by atoms with E-state index in [0.29, 0.717) is 19.3 Å². The highest BCUT2D eigenvalue weighted by atomic mass is 16.7. The Labute approximate surface area is 153 Å². The normalized spacial score (nSPS) is 28.7. The van der Waals surface area contributed by atoms with E-state index < -0.39 is 30.7 Å². The number of aliphatic hydroxyl groups excluding tert-OH is 3. The molecule has 0 aliphatic carbocycles. The van der Waals surface area contributed by atoms with Gasteiger partial charge < -0.3 is 29.5 Å². The van der Waals surface area contributed by atoms with Crippen molar-refractivity contribution in [2.45, 2.75) is 69.9 Å².